The monoisotopic (exact) mass is 401 g/mol. The SMILES string of the molecule is CN1CCN(C(=O)c2ccc3c(c2)[C@@H]2[C@@H]4CC[C@H](C4)[C@@H]2[C@H](c2ccccc2)N3)CC1. The van der Waals surface area contributed by atoms with Crippen LogP contribution < -0.4 is 5.32 Å². The molecule has 0 radical (unpaired) electrons. The number of amides is 1. The molecule has 6 rings (SSSR count). The molecular formula is C26H31N3O. The summed E-state index contributed by atoms with van der Waals surface area (Å²) in [6, 6.07) is 17.8. The molecule has 2 saturated carbocycles. The number of rotatable bonds is 2. The van der Waals surface area contributed by atoms with Gasteiger partial charge in [0, 0.05) is 37.4 Å². The number of fused-ring (bicyclic) bond motifs is 7. The lowest BCUT2D eigenvalue weighted by atomic mass is 9.68. The molecular weight excluding hydrogens is 370 g/mol. The van der Waals surface area contributed by atoms with Crippen molar-refractivity contribution in [2.75, 3.05) is 38.5 Å². The number of likely N-dealkylation sites (N-methyl/N-ethyl adjacent to an activating group) is 1. The van der Waals surface area contributed by atoms with Gasteiger partial charge in [-0.1, -0.05) is 30.3 Å². The van der Waals surface area contributed by atoms with E-state index in [0.717, 1.165) is 43.6 Å². The Labute approximate surface area is 179 Å². The Morgan fingerprint density at radius 3 is 2.53 bits per heavy atom. The fourth-order valence-corrected chi connectivity index (χ4v) is 6.80. The van der Waals surface area contributed by atoms with Crippen LogP contribution in [0.1, 0.15) is 52.7 Å². The van der Waals surface area contributed by atoms with Gasteiger partial charge in [-0.15, -0.1) is 0 Å². The van der Waals surface area contributed by atoms with Crippen molar-refractivity contribution < 1.29 is 4.79 Å². The highest BCUT2D eigenvalue weighted by molar-refractivity contribution is 5.95. The van der Waals surface area contributed by atoms with E-state index >= 15 is 0 Å². The van der Waals surface area contributed by atoms with Crippen molar-refractivity contribution in [1.82, 2.24) is 9.80 Å². The summed E-state index contributed by atoms with van der Waals surface area (Å²) in [6.07, 6.45) is 4.08. The van der Waals surface area contributed by atoms with Gasteiger partial charge < -0.3 is 15.1 Å². The number of carbonyl (C=O) groups is 1. The fourth-order valence-electron chi connectivity index (χ4n) is 6.80. The second-order valence-corrected chi connectivity index (χ2v) is 9.87. The van der Waals surface area contributed by atoms with Crippen LogP contribution in [0.25, 0.3) is 0 Å². The lowest BCUT2D eigenvalue weighted by Gasteiger charge is -2.43. The number of carbonyl (C=O) groups excluding carboxylic acids is 1. The summed E-state index contributed by atoms with van der Waals surface area (Å²) in [7, 11) is 2.13. The van der Waals surface area contributed by atoms with Crippen molar-refractivity contribution in [1.29, 1.82) is 0 Å². The summed E-state index contributed by atoms with van der Waals surface area (Å²) in [6.45, 7) is 3.59. The second-order valence-electron chi connectivity index (χ2n) is 9.87. The average Bonchev–Trinajstić information content (AvgIpc) is 3.42. The van der Waals surface area contributed by atoms with Crippen molar-refractivity contribution in [3.63, 3.8) is 0 Å². The van der Waals surface area contributed by atoms with Crippen LogP contribution in [0.3, 0.4) is 0 Å². The zero-order valence-electron chi connectivity index (χ0n) is 17.8. The summed E-state index contributed by atoms with van der Waals surface area (Å²) >= 11 is 0. The van der Waals surface area contributed by atoms with Gasteiger partial charge in [0.05, 0.1) is 6.04 Å². The first-order valence-corrected chi connectivity index (χ1v) is 11.6. The number of piperazine rings is 1. The molecule has 4 heteroatoms. The molecule has 1 saturated heterocycles. The van der Waals surface area contributed by atoms with Gasteiger partial charge in [0.15, 0.2) is 0 Å². The molecule has 1 N–H and O–H groups in total. The number of anilines is 1. The molecule has 2 aromatic carbocycles. The summed E-state index contributed by atoms with van der Waals surface area (Å²) in [4.78, 5) is 17.5. The molecule has 0 unspecified atom stereocenters. The average molecular weight is 402 g/mol. The van der Waals surface area contributed by atoms with Crippen LogP contribution in [0, 0.1) is 17.8 Å². The van der Waals surface area contributed by atoms with E-state index in [1.165, 1.54) is 36.1 Å². The van der Waals surface area contributed by atoms with E-state index in [0.29, 0.717) is 17.9 Å². The lowest BCUT2D eigenvalue weighted by molar-refractivity contribution is 0.0664. The highest BCUT2D eigenvalue weighted by atomic mass is 16.2. The van der Waals surface area contributed by atoms with Gasteiger partial charge in [-0.05, 0) is 79.3 Å². The van der Waals surface area contributed by atoms with E-state index in [1.807, 2.05) is 11.0 Å². The summed E-state index contributed by atoms with van der Waals surface area (Å²) in [5.74, 6) is 3.03. The van der Waals surface area contributed by atoms with Crippen molar-refractivity contribution in [2.24, 2.45) is 17.8 Å². The van der Waals surface area contributed by atoms with Gasteiger partial charge in [0.25, 0.3) is 5.91 Å². The Morgan fingerprint density at radius 2 is 1.73 bits per heavy atom. The number of hydrogen-bond donors (Lipinski definition) is 1. The fraction of sp³-hybridized carbons (Fsp3) is 0.500. The topological polar surface area (TPSA) is 35.6 Å². The minimum absolute atomic E-state index is 0.204. The van der Waals surface area contributed by atoms with Crippen LogP contribution in [-0.4, -0.2) is 48.9 Å². The molecule has 5 atom stereocenters. The standard InChI is InChI=1S/C26H31N3O/c1-28-11-13-29(14-12-28)26(30)20-9-10-22-21(16-20)23-18-7-8-19(15-18)24(23)25(27-22)17-5-3-2-4-6-17/h2-6,9-10,16,18-19,23-25,27H,7-8,11-15H2,1H3/t18-,19-,23+,24+,25+/m1/s1. The largest absolute Gasteiger partial charge is 0.378 e. The van der Waals surface area contributed by atoms with Crippen LogP contribution in [0.15, 0.2) is 48.5 Å². The minimum atomic E-state index is 0.204. The normalized spacial score (nSPS) is 32.4. The van der Waals surface area contributed by atoms with Gasteiger partial charge in [0.2, 0.25) is 0 Å². The predicted molar refractivity (Wildman–Crippen MR) is 120 cm³/mol. The van der Waals surface area contributed by atoms with Crippen molar-refractivity contribution in [3.8, 4) is 0 Å². The van der Waals surface area contributed by atoms with E-state index in [2.05, 4.69) is 59.7 Å². The zero-order chi connectivity index (χ0) is 20.2. The quantitative estimate of drug-likeness (QED) is 0.812. The van der Waals surface area contributed by atoms with Gasteiger partial charge in [0.1, 0.15) is 0 Å². The van der Waals surface area contributed by atoms with E-state index in [-0.39, 0.29) is 5.91 Å². The third-order valence-electron chi connectivity index (χ3n) is 8.28. The second kappa shape index (κ2) is 7.12. The molecule has 0 aromatic heterocycles. The van der Waals surface area contributed by atoms with Crippen LogP contribution in [0.4, 0.5) is 5.69 Å². The van der Waals surface area contributed by atoms with Gasteiger partial charge >= 0.3 is 0 Å². The van der Waals surface area contributed by atoms with Gasteiger partial charge in [-0.2, -0.15) is 0 Å². The number of nitrogens with one attached hydrogen (secondary N) is 1. The molecule has 0 spiro atoms. The maximum atomic E-state index is 13.2. The first kappa shape index (κ1) is 18.4. The maximum absolute atomic E-state index is 13.2. The van der Waals surface area contributed by atoms with Gasteiger partial charge in [-0.25, -0.2) is 0 Å². The molecule has 2 aliphatic heterocycles. The molecule has 2 aliphatic carbocycles. The summed E-state index contributed by atoms with van der Waals surface area (Å²) < 4.78 is 0. The molecule has 156 valence electrons. The van der Waals surface area contributed by atoms with Crippen LogP contribution in [0.2, 0.25) is 0 Å². The predicted octanol–water partition coefficient (Wildman–Crippen LogP) is 4.37. The van der Waals surface area contributed by atoms with Crippen LogP contribution in [0.5, 0.6) is 0 Å². The van der Waals surface area contributed by atoms with Crippen LogP contribution >= 0.6 is 0 Å². The van der Waals surface area contributed by atoms with Gasteiger partial charge in [-0.3, -0.25) is 4.79 Å². The maximum Gasteiger partial charge on any atom is 0.253 e. The Bertz CT molecular complexity index is 950. The third kappa shape index (κ3) is 2.88. The first-order valence-electron chi connectivity index (χ1n) is 11.6. The number of benzene rings is 2. The Kier molecular flexibility index (Phi) is 4.38. The minimum Gasteiger partial charge on any atom is -0.378 e. The molecule has 2 heterocycles. The first-order chi connectivity index (χ1) is 14.7. The molecule has 2 bridgehead atoms. The van der Waals surface area contributed by atoms with Crippen LogP contribution in [-0.2, 0) is 0 Å². The Hall–Kier alpha value is -2.33. The van der Waals surface area contributed by atoms with E-state index in [4.69, 9.17) is 0 Å². The molecule has 2 aromatic rings. The van der Waals surface area contributed by atoms with E-state index < -0.39 is 0 Å². The molecule has 1 amide bonds. The smallest absolute Gasteiger partial charge is 0.253 e. The zero-order valence-corrected chi connectivity index (χ0v) is 17.8. The highest BCUT2D eigenvalue weighted by Crippen LogP contribution is 2.63. The molecule has 4 aliphatic rings. The van der Waals surface area contributed by atoms with E-state index in [1.54, 1.807) is 0 Å². The Balaban J connectivity index is 1.35. The van der Waals surface area contributed by atoms with Crippen molar-refractivity contribution >= 4 is 11.6 Å². The molecule has 4 nitrogen and oxygen atoms in total. The summed E-state index contributed by atoms with van der Waals surface area (Å²) in [5, 5.41) is 3.89. The number of hydrogen-bond acceptors (Lipinski definition) is 3. The van der Waals surface area contributed by atoms with E-state index in [9.17, 15) is 4.79 Å². The lowest BCUT2D eigenvalue weighted by Crippen LogP contribution is -2.47. The van der Waals surface area contributed by atoms with Crippen molar-refractivity contribution in [3.05, 3.63) is 65.2 Å². The summed E-state index contributed by atoms with van der Waals surface area (Å²) in [5.41, 5.74) is 4.93. The molecule has 3 fully saturated rings. The Morgan fingerprint density at radius 1 is 0.967 bits per heavy atom. The third-order valence-corrected chi connectivity index (χ3v) is 8.28. The molecule has 30 heavy (non-hydrogen) atoms. The van der Waals surface area contributed by atoms with Crippen molar-refractivity contribution in [2.45, 2.75) is 31.2 Å². The highest BCUT2D eigenvalue weighted by Gasteiger charge is 2.53. The number of nitrogens with zero attached hydrogens (tertiary/aromatic N) is 2.